The van der Waals surface area contributed by atoms with Crippen molar-refractivity contribution in [2.24, 2.45) is 10.6 Å². The fraction of sp³-hybridized carbons (Fsp3) is 0.500. The van der Waals surface area contributed by atoms with Crippen LogP contribution < -0.4 is 0 Å². The highest BCUT2D eigenvalue weighted by Crippen LogP contribution is 2.39. The zero-order valence-corrected chi connectivity index (χ0v) is 13.4. The molecule has 0 radical (unpaired) electrons. The molecule has 0 bridgehead atoms. The van der Waals surface area contributed by atoms with Crippen LogP contribution in [0.15, 0.2) is 9.57 Å². The summed E-state index contributed by atoms with van der Waals surface area (Å²) in [5.41, 5.74) is 1.58. The number of amides is 1. The van der Waals surface area contributed by atoms with E-state index in [1.165, 1.54) is 0 Å². The van der Waals surface area contributed by atoms with Gasteiger partial charge in [0.1, 0.15) is 18.8 Å². The number of hydrogen-bond acceptors (Lipinski definition) is 6. The van der Waals surface area contributed by atoms with Crippen LogP contribution in [0.4, 0.5) is 0 Å². The highest BCUT2D eigenvalue weighted by Gasteiger charge is 2.37. The first kappa shape index (κ1) is 16.6. The van der Waals surface area contributed by atoms with Gasteiger partial charge in [-0.3, -0.25) is 4.79 Å². The third-order valence-corrected chi connectivity index (χ3v) is 3.92. The highest BCUT2D eigenvalue weighted by atomic mass is 16.4. The summed E-state index contributed by atoms with van der Waals surface area (Å²) >= 11 is 0. The predicted octanol–water partition coefficient (Wildman–Crippen LogP) is 2.23. The zero-order chi connectivity index (χ0) is 17.2. The third-order valence-electron chi connectivity index (χ3n) is 3.92. The van der Waals surface area contributed by atoms with E-state index < -0.39 is 5.91 Å². The van der Waals surface area contributed by atoms with Crippen LogP contribution >= 0.6 is 0 Å². The Kier molecular flexibility index (Phi) is 4.42. The number of oxime groups is 1. The number of carbonyl (C=O) groups is 1. The maximum atomic E-state index is 12.5. The number of rotatable bonds is 3. The summed E-state index contributed by atoms with van der Waals surface area (Å²) in [7, 11) is 0. The van der Waals surface area contributed by atoms with Gasteiger partial charge in [-0.25, -0.2) is 0 Å². The van der Waals surface area contributed by atoms with Crippen LogP contribution in [0.5, 0.6) is 0 Å². The minimum atomic E-state index is -0.505. The monoisotopic (exact) mass is 314 g/mol. The second-order valence-corrected chi connectivity index (χ2v) is 6.40. The summed E-state index contributed by atoms with van der Waals surface area (Å²) in [6.07, 6.45) is 1.19. The largest absolute Gasteiger partial charge is 0.455 e. The standard InChI is InChI=1S/C16H18N4O3/c1-10-13-11(19-22)8-16(2,3)9-12(13)23-14(10)15(21)20(6-4-17)7-5-18/h22H,6-9H2,1-3H3/b19-11-. The van der Waals surface area contributed by atoms with E-state index in [0.29, 0.717) is 35.4 Å². The fourth-order valence-electron chi connectivity index (χ4n) is 2.92. The van der Waals surface area contributed by atoms with Crippen LogP contribution in [0, 0.1) is 35.0 Å². The molecule has 1 aliphatic rings. The van der Waals surface area contributed by atoms with Crippen molar-refractivity contribution in [3.05, 3.63) is 22.6 Å². The van der Waals surface area contributed by atoms with E-state index in [4.69, 9.17) is 14.9 Å². The summed E-state index contributed by atoms with van der Waals surface area (Å²) in [4.78, 5) is 13.7. The smallest absolute Gasteiger partial charge is 0.291 e. The van der Waals surface area contributed by atoms with E-state index >= 15 is 0 Å². The van der Waals surface area contributed by atoms with E-state index in [0.717, 1.165) is 4.90 Å². The molecule has 0 unspecified atom stereocenters. The van der Waals surface area contributed by atoms with E-state index in [9.17, 15) is 10.0 Å². The van der Waals surface area contributed by atoms with Crippen LogP contribution in [0.25, 0.3) is 0 Å². The van der Waals surface area contributed by atoms with Gasteiger partial charge in [-0.2, -0.15) is 10.5 Å². The first-order chi connectivity index (χ1) is 10.8. The lowest BCUT2D eigenvalue weighted by molar-refractivity contribution is 0.0759. The molecule has 7 heteroatoms. The summed E-state index contributed by atoms with van der Waals surface area (Å²) in [5.74, 6) is 0.193. The summed E-state index contributed by atoms with van der Waals surface area (Å²) in [6.45, 7) is 5.39. The van der Waals surface area contributed by atoms with Crippen molar-refractivity contribution in [3.8, 4) is 12.1 Å². The van der Waals surface area contributed by atoms with Gasteiger partial charge in [-0.1, -0.05) is 19.0 Å². The van der Waals surface area contributed by atoms with E-state index in [1.54, 1.807) is 6.92 Å². The molecule has 0 spiro atoms. The van der Waals surface area contributed by atoms with E-state index in [1.807, 2.05) is 26.0 Å². The lowest BCUT2D eigenvalue weighted by atomic mass is 9.75. The zero-order valence-electron chi connectivity index (χ0n) is 13.4. The molecule has 1 aromatic rings. The van der Waals surface area contributed by atoms with Crippen LogP contribution in [0.3, 0.4) is 0 Å². The molecule has 0 aromatic carbocycles. The molecule has 1 aromatic heterocycles. The van der Waals surface area contributed by atoms with Crippen molar-refractivity contribution >= 4 is 11.6 Å². The third kappa shape index (κ3) is 3.04. The van der Waals surface area contributed by atoms with Gasteiger partial charge in [0, 0.05) is 17.5 Å². The van der Waals surface area contributed by atoms with Crippen molar-refractivity contribution in [3.63, 3.8) is 0 Å². The fourth-order valence-corrected chi connectivity index (χ4v) is 2.92. The summed E-state index contributed by atoms with van der Waals surface area (Å²) in [5, 5.41) is 30.3. The molecule has 120 valence electrons. The molecule has 1 N–H and O–H groups in total. The average molecular weight is 314 g/mol. The van der Waals surface area contributed by atoms with Crippen molar-refractivity contribution in [1.29, 1.82) is 10.5 Å². The molecular formula is C16H18N4O3. The van der Waals surface area contributed by atoms with Gasteiger partial charge in [-0.05, 0) is 18.8 Å². The second-order valence-electron chi connectivity index (χ2n) is 6.40. The normalized spacial score (nSPS) is 17.2. The van der Waals surface area contributed by atoms with Crippen molar-refractivity contribution in [1.82, 2.24) is 4.90 Å². The Labute approximate surface area is 134 Å². The predicted molar refractivity (Wildman–Crippen MR) is 81.0 cm³/mol. The molecule has 0 fully saturated rings. The number of carbonyl (C=O) groups excluding carboxylic acids is 1. The Hall–Kier alpha value is -2.80. The number of fused-ring (bicyclic) bond motifs is 1. The highest BCUT2D eigenvalue weighted by molar-refractivity contribution is 6.06. The maximum absolute atomic E-state index is 12.5. The SMILES string of the molecule is Cc1c(C(=O)N(CC#N)CC#N)oc2c1/C(=N\O)CC(C)(C)C2. The van der Waals surface area contributed by atoms with Gasteiger partial charge in [0.15, 0.2) is 5.76 Å². The Morgan fingerprint density at radius 2 is 1.96 bits per heavy atom. The lowest BCUT2D eigenvalue weighted by Gasteiger charge is -2.28. The molecule has 2 rings (SSSR count). The van der Waals surface area contributed by atoms with Gasteiger partial charge in [-0.15, -0.1) is 0 Å². The minimum absolute atomic E-state index is 0.0966. The van der Waals surface area contributed by atoms with Crippen LogP contribution in [0.1, 0.15) is 47.7 Å². The molecule has 0 aliphatic heterocycles. The summed E-state index contributed by atoms with van der Waals surface area (Å²) < 4.78 is 5.74. The van der Waals surface area contributed by atoms with Gasteiger partial charge in [0.25, 0.3) is 5.91 Å². The lowest BCUT2D eigenvalue weighted by Crippen LogP contribution is -2.32. The van der Waals surface area contributed by atoms with Crippen molar-refractivity contribution < 1.29 is 14.4 Å². The van der Waals surface area contributed by atoms with Gasteiger partial charge >= 0.3 is 0 Å². The molecule has 1 heterocycles. The molecule has 23 heavy (non-hydrogen) atoms. The van der Waals surface area contributed by atoms with E-state index in [-0.39, 0.29) is 24.3 Å². The number of furan rings is 1. The van der Waals surface area contributed by atoms with Crippen molar-refractivity contribution in [2.75, 3.05) is 13.1 Å². The first-order valence-electron chi connectivity index (χ1n) is 7.21. The summed E-state index contributed by atoms with van der Waals surface area (Å²) in [6, 6.07) is 3.73. The average Bonchev–Trinajstić information content (AvgIpc) is 2.81. The Bertz CT molecular complexity index is 731. The quantitative estimate of drug-likeness (QED) is 0.522. The first-order valence-corrected chi connectivity index (χ1v) is 7.21. The van der Waals surface area contributed by atoms with Gasteiger partial charge in [0.05, 0.1) is 17.9 Å². The molecule has 0 saturated heterocycles. The molecule has 1 amide bonds. The minimum Gasteiger partial charge on any atom is -0.455 e. The number of nitriles is 2. The molecular weight excluding hydrogens is 296 g/mol. The Morgan fingerprint density at radius 3 is 2.48 bits per heavy atom. The maximum Gasteiger partial charge on any atom is 0.291 e. The van der Waals surface area contributed by atoms with Gasteiger partial charge < -0.3 is 14.5 Å². The van der Waals surface area contributed by atoms with Crippen molar-refractivity contribution in [2.45, 2.75) is 33.6 Å². The van der Waals surface area contributed by atoms with Gasteiger partial charge in [0.2, 0.25) is 0 Å². The molecule has 7 nitrogen and oxygen atoms in total. The van der Waals surface area contributed by atoms with E-state index in [2.05, 4.69) is 5.16 Å². The number of nitrogens with zero attached hydrogens (tertiary/aromatic N) is 4. The molecule has 1 aliphatic carbocycles. The second kappa shape index (κ2) is 6.13. The van der Waals surface area contributed by atoms with Crippen LogP contribution in [0.2, 0.25) is 0 Å². The van der Waals surface area contributed by atoms with Crippen LogP contribution in [-0.2, 0) is 6.42 Å². The Morgan fingerprint density at radius 1 is 1.35 bits per heavy atom. The Balaban J connectivity index is 2.48. The molecule has 0 saturated carbocycles. The topological polar surface area (TPSA) is 114 Å². The molecule has 0 atom stereocenters. The van der Waals surface area contributed by atoms with Crippen LogP contribution in [-0.4, -0.2) is 34.8 Å². The number of hydrogen-bond donors (Lipinski definition) is 1.